The van der Waals surface area contributed by atoms with Crippen LogP contribution in [0.3, 0.4) is 0 Å². The summed E-state index contributed by atoms with van der Waals surface area (Å²) < 4.78 is 28.2. The summed E-state index contributed by atoms with van der Waals surface area (Å²) in [6.45, 7) is 4.40. The Morgan fingerprint density at radius 1 is 1.33 bits per heavy atom. The molecule has 0 spiro atoms. The summed E-state index contributed by atoms with van der Waals surface area (Å²) in [4.78, 5) is 6.21. The maximum Gasteiger partial charge on any atom is 0.245 e. The lowest BCUT2D eigenvalue weighted by atomic mass is 10.2. The van der Waals surface area contributed by atoms with Gasteiger partial charge in [0.15, 0.2) is 5.82 Å². The Morgan fingerprint density at radius 2 is 2.05 bits per heavy atom. The van der Waals surface area contributed by atoms with Crippen LogP contribution in [0, 0.1) is 11.6 Å². The molecule has 0 unspecified atom stereocenters. The van der Waals surface area contributed by atoms with Crippen molar-refractivity contribution in [1.82, 2.24) is 20.5 Å². The van der Waals surface area contributed by atoms with Gasteiger partial charge in [-0.2, -0.15) is 4.98 Å². The molecule has 1 aliphatic rings. The standard InChI is InChI=1S/C13H14BrF2N5/c1-7-6-21(3-2-17-7)13-18-12(19-20-13)11-9(15)4-8(14)5-10(11)16/h4-5,7,17H,2-3,6H2,1H3,(H,18,19,20)/t7-/m1/s1. The van der Waals surface area contributed by atoms with Crippen molar-refractivity contribution in [3.8, 4) is 11.4 Å². The molecule has 1 aromatic heterocycles. The number of nitrogens with one attached hydrogen (secondary N) is 2. The first-order chi connectivity index (χ1) is 10.0. The minimum absolute atomic E-state index is 0.0960. The first-order valence-electron chi connectivity index (χ1n) is 6.60. The van der Waals surface area contributed by atoms with Crippen LogP contribution in [0.1, 0.15) is 6.92 Å². The number of aromatic amines is 1. The van der Waals surface area contributed by atoms with Crippen LogP contribution in [0.25, 0.3) is 11.4 Å². The van der Waals surface area contributed by atoms with Crippen LogP contribution in [0.2, 0.25) is 0 Å². The third kappa shape index (κ3) is 2.91. The van der Waals surface area contributed by atoms with Gasteiger partial charge in [0.2, 0.25) is 5.95 Å². The van der Waals surface area contributed by atoms with E-state index in [0.717, 1.165) is 19.6 Å². The Labute approximate surface area is 128 Å². The molecule has 2 aromatic rings. The van der Waals surface area contributed by atoms with Crippen molar-refractivity contribution in [3.05, 3.63) is 28.2 Å². The van der Waals surface area contributed by atoms with Gasteiger partial charge < -0.3 is 10.2 Å². The topological polar surface area (TPSA) is 56.8 Å². The zero-order valence-electron chi connectivity index (χ0n) is 11.3. The highest BCUT2D eigenvalue weighted by atomic mass is 79.9. The van der Waals surface area contributed by atoms with Gasteiger partial charge in [0, 0.05) is 30.1 Å². The third-order valence-corrected chi connectivity index (χ3v) is 3.83. The molecule has 0 aliphatic carbocycles. The van der Waals surface area contributed by atoms with Gasteiger partial charge >= 0.3 is 0 Å². The number of nitrogens with zero attached hydrogens (tertiary/aromatic N) is 3. The lowest BCUT2D eigenvalue weighted by Crippen LogP contribution is -2.49. The van der Waals surface area contributed by atoms with Crippen LogP contribution in [0.15, 0.2) is 16.6 Å². The van der Waals surface area contributed by atoms with Crippen molar-refractivity contribution in [2.24, 2.45) is 0 Å². The molecule has 0 bridgehead atoms. The molecule has 1 fully saturated rings. The second-order valence-corrected chi connectivity index (χ2v) is 5.95. The summed E-state index contributed by atoms with van der Waals surface area (Å²) in [5.74, 6) is -0.810. The molecule has 21 heavy (non-hydrogen) atoms. The molecule has 2 heterocycles. The van der Waals surface area contributed by atoms with E-state index in [2.05, 4.69) is 43.4 Å². The van der Waals surface area contributed by atoms with E-state index in [4.69, 9.17) is 0 Å². The average molecular weight is 358 g/mol. The highest BCUT2D eigenvalue weighted by Crippen LogP contribution is 2.27. The molecule has 0 radical (unpaired) electrons. The van der Waals surface area contributed by atoms with Crippen LogP contribution in [-0.4, -0.2) is 40.9 Å². The van der Waals surface area contributed by atoms with Gasteiger partial charge in [0.05, 0.1) is 5.56 Å². The quantitative estimate of drug-likeness (QED) is 0.865. The fourth-order valence-corrected chi connectivity index (χ4v) is 2.79. The molecule has 0 amide bonds. The number of rotatable bonds is 2. The Morgan fingerprint density at radius 3 is 2.71 bits per heavy atom. The molecule has 1 saturated heterocycles. The summed E-state index contributed by atoms with van der Waals surface area (Å²) in [5.41, 5.74) is -0.194. The number of piperazine rings is 1. The van der Waals surface area contributed by atoms with Gasteiger partial charge in [-0.15, -0.1) is 5.10 Å². The van der Waals surface area contributed by atoms with Gasteiger partial charge in [0.25, 0.3) is 0 Å². The Kier molecular flexibility index (Phi) is 3.90. The number of anilines is 1. The first kappa shape index (κ1) is 14.4. The van der Waals surface area contributed by atoms with Crippen LogP contribution in [0.4, 0.5) is 14.7 Å². The molecule has 2 N–H and O–H groups in total. The molecular weight excluding hydrogens is 344 g/mol. The van der Waals surface area contributed by atoms with E-state index in [9.17, 15) is 8.78 Å². The fraction of sp³-hybridized carbons (Fsp3) is 0.385. The van der Waals surface area contributed by atoms with E-state index < -0.39 is 11.6 Å². The van der Waals surface area contributed by atoms with E-state index in [-0.39, 0.29) is 11.4 Å². The minimum atomic E-state index is -0.682. The molecule has 0 saturated carbocycles. The van der Waals surface area contributed by atoms with Crippen molar-refractivity contribution < 1.29 is 8.78 Å². The van der Waals surface area contributed by atoms with E-state index in [1.54, 1.807) is 0 Å². The molecular formula is C13H14BrF2N5. The van der Waals surface area contributed by atoms with E-state index in [1.165, 1.54) is 12.1 Å². The average Bonchev–Trinajstić information content (AvgIpc) is 2.87. The summed E-state index contributed by atoms with van der Waals surface area (Å²) in [6, 6.07) is 2.72. The summed E-state index contributed by atoms with van der Waals surface area (Å²) in [6.07, 6.45) is 0. The lowest BCUT2D eigenvalue weighted by molar-refractivity contribution is 0.480. The van der Waals surface area contributed by atoms with Crippen molar-refractivity contribution in [3.63, 3.8) is 0 Å². The highest BCUT2D eigenvalue weighted by Gasteiger charge is 2.22. The van der Waals surface area contributed by atoms with E-state index in [1.807, 2.05) is 4.90 Å². The Bertz CT molecular complexity index is 637. The third-order valence-electron chi connectivity index (χ3n) is 3.37. The molecule has 1 aromatic carbocycles. The molecule has 1 aliphatic heterocycles. The maximum atomic E-state index is 13.9. The van der Waals surface area contributed by atoms with Crippen LogP contribution >= 0.6 is 15.9 Å². The molecule has 5 nitrogen and oxygen atoms in total. The number of halogens is 3. The van der Waals surface area contributed by atoms with Gasteiger partial charge in [-0.3, -0.25) is 5.10 Å². The first-order valence-corrected chi connectivity index (χ1v) is 7.39. The van der Waals surface area contributed by atoms with E-state index in [0.29, 0.717) is 16.5 Å². The van der Waals surface area contributed by atoms with Gasteiger partial charge in [0.1, 0.15) is 11.6 Å². The molecule has 8 heteroatoms. The fourth-order valence-electron chi connectivity index (χ4n) is 2.39. The normalized spacial score (nSPS) is 19.0. The zero-order chi connectivity index (χ0) is 15.0. The predicted molar refractivity (Wildman–Crippen MR) is 79.1 cm³/mol. The molecule has 3 rings (SSSR count). The van der Waals surface area contributed by atoms with Crippen LogP contribution < -0.4 is 10.2 Å². The SMILES string of the molecule is C[C@@H]1CN(c2n[nH]c(-c3c(F)cc(Br)cc3F)n2)CCN1. The van der Waals surface area contributed by atoms with E-state index >= 15 is 0 Å². The molecule has 112 valence electrons. The smallest absolute Gasteiger partial charge is 0.245 e. The largest absolute Gasteiger partial charge is 0.337 e. The summed E-state index contributed by atoms with van der Waals surface area (Å²) in [7, 11) is 0. The van der Waals surface area contributed by atoms with Gasteiger partial charge in [-0.1, -0.05) is 15.9 Å². The minimum Gasteiger partial charge on any atom is -0.337 e. The second kappa shape index (κ2) is 5.69. The maximum absolute atomic E-state index is 13.9. The number of hydrogen-bond acceptors (Lipinski definition) is 4. The van der Waals surface area contributed by atoms with Crippen molar-refractivity contribution in [2.75, 3.05) is 24.5 Å². The summed E-state index contributed by atoms with van der Waals surface area (Å²) in [5, 5.41) is 10.0. The summed E-state index contributed by atoms with van der Waals surface area (Å²) >= 11 is 3.05. The number of H-pyrrole nitrogens is 1. The van der Waals surface area contributed by atoms with Gasteiger partial charge in [-0.25, -0.2) is 8.78 Å². The number of hydrogen-bond donors (Lipinski definition) is 2. The Balaban J connectivity index is 1.92. The van der Waals surface area contributed by atoms with Gasteiger partial charge in [-0.05, 0) is 19.1 Å². The number of aromatic nitrogens is 3. The number of benzene rings is 1. The van der Waals surface area contributed by atoms with Crippen LogP contribution in [-0.2, 0) is 0 Å². The zero-order valence-corrected chi connectivity index (χ0v) is 12.9. The van der Waals surface area contributed by atoms with Crippen molar-refractivity contribution in [2.45, 2.75) is 13.0 Å². The second-order valence-electron chi connectivity index (χ2n) is 5.03. The van der Waals surface area contributed by atoms with Crippen LogP contribution in [0.5, 0.6) is 0 Å². The predicted octanol–water partition coefficient (Wildman–Crippen LogP) is 2.31. The Hall–Kier alpha value is -1.54. The van der Waals surface area contributed by atoms with Crippen molar-refractivity contribution >= 4 is 21.9 Å². The lowest BCUT2D eigenvalue weighted by Gasteiger charge is -2.30. The highest BCUT2D eigenvalue weighted by molar-refractivity contribution is 9.10. The molecule has 1 atom stereocenters. The monoisotopic (exact) mass is 357 g/mol. The van der Waals surface area contributed by atoms with Crippen molar-refractivity contribution in [1.29, 1.82) is 0 Å².